The van der Waals surface area contributed by atoms with Gasteiger partial charge in [-0.05, 0) is 18.9 Å². The average Bonchev–Trinajstić information content (AvgIpc) is 2.47. The quantitative estimate of drug-likeness (QED) is 0.864. The predicted octanol–water partition coefficient (Wildman–Crippen LogP) is 1.93. The summed E-state index contributed by atoms with van der Waals surface area (Å²) >= 11 is 0. The molecule has 2 rings (SSSR count). The molecule has 0 saturated carbocycles. The van der Waals surface area contributed by atoms with Gasteiger partial charge in [0.2, 0.25) is 0 Å². The lowest BCUT2D eigenvalue weighted by molar-refractivity contribution is -0.00779. The number of carboxylic acid groups (broad SMARTS) is 1. The number of likely N-dealkylation sites (tertiary alicyclic amines) is 1. The number of carbonyl (C=O) groups is 1. The smallest absolute Gasteiger partial charge is 0.407 e. The molecule has 1 aromatic rings. The van der Waals surface area contributed by atoms with Gasteiger partial charge in [-0.25, -0.2) is 4.79 Å². The number of ether oxygens (including phenoxy) is 1. The lowest BCUT2D eigenvalue weighted by atomic mass is 10.0. The molecule has 110 valence electrons. The van der Waals surface area contributed by atoms with Crippen molar-refractivity contribution in [1.82, 2.24) is 10.2 Å². The number of amides is 1. The second-order valence-corrected chi connectivity index (χ2v) is 4.98. The van der Waals surface area contributed by atoms with Crippen molar-refractivity contribution in [3.63, 3.8) is 0 Å². The molecule has 1 fully saturated rings. The van der Waals surface area contributed by atoms with Gasteiger partial charge in [-0.1, -0.05) is 30.3 Å². The Kier molecular flexibility index (Phi) is 5.38. The number of nitrogens with zero attached hydrogens (tertiary/aromatic N) is 1. The van der Waals surface area contributed by atoms with Gasteiger partial charge >= 0.3 is 6.09 Å². The minimum Gasteiger partial charge on any atom is -0.465 e. The molecule has 0 unspecified atom stereocenters. The molecule has 20 heavy (non-hydrogen) atoms. The first kappa shape index (κ1) is 14.8. The van der Waals surface area contributed by atoms with Crippen LogP contribution in [-0.2, 0) is 11.3 Å². The molecule has 1 amide bonds. The van der Waals surface area contributed by atoms with E-state index in [1.807, 2.05) is 25.1 Å². The highest BCUT2D eigenvalue weighted by Crippen LogP contribution is 2.15. The molecule has 0 radical (unpaired) electrons. The predicted molar refractivity (Wildman–Crippen MR) is 76.7 cm³/mol. The standard InChI is InChI=1S/C15H22N2O3/c1-2-20-14-8-9-17(15(18)19)11-13(14)16-10-12-6-4-3-5-7-12/h3-7,13-14,16H,2,8-11H2,1H3,(H,18,19)/t13-,14-/m0/s1. The summed E-state index contributed by atoms with van der Waals surface area (Å²) in [6.07, 6.45) is -0.0298. The second-order valence-electron chi connectivity index (χ2n) is 4.98. The minimum absolute atomic E-state index is 0.0417. The van der Waals surface area contributed by atoms with E-state index in [2.05, 4.69) is 17.4 Å². The van der Waals surface area contributed by atoms with E-state index in [0.29, 0.717) is 19.7 Å². The van der Waals surface area contributed by atoms with E-state index >= 15 is 0 Å². The van der Waals surface area contributed by atoms with Crippen molar-refractivity contribution < 1.29 is 14.6 Å². The van der Waals surface area contributed by atoms with Crippen LogP contribution >= 0.6 is 0 Å². The van der Waals surface area contributed by atoms with Gasteiger partial charge in [-0.2, -0.15) is 0 Å². The molecule has 0 bridgehead atoms. The van der Waals surface area contributed by atoms with Crippen molar-refractivity contribution in [3.05, 3.63) is 35.9 Å². The first-order valence-corrected chi connectivity index (χ1v) is 7.07. The van der Waals surface area contributed by atoms with Crippen molar-refractivity contribution in [2.45, 2.75) is 32.0 Å². The molecule has 0 aromatic heterocycles. The van der Waals surface area contributed by atoms with E-state index in [1.165, 1.54) is 10.5 Å². The van der Waals surface area contributed by atoms with Gasteiger partial charge in [0.1, 0.15) is 0 Å². The van der Waals surface area contributed by atoms with Crippen LogP contribution in [0, 0.1) is 0 Å². The molecule has 1 heterocycles. The third kappa shape index (κ3) is 3.95. The van der Waals surface area contributed by atoms with Crippen LogP contribution in [0.5, 0.6) is 0 Å². The van der Waals surface area contributed by atoms with Crippen LogP contribution in [0.1, 0.15) is 18.9 Å². The van der Waals surface area contributed by atoms with Crippen molar-refractivity contribution in [2.75, 3.05) is 19.7 Å². The van der Waals surface area contributed by atoms with Gasteiger partial charge in [0, 0.05) is 26.2 Å². The Morgan fingerprint density at radius 2 is 2.20 bits per heavy atom. The van der Waals surface area contributed by atoms with Crippen LogP contribution in [0.3, 0.4) is 0 Å². The maximum Gasteiger partial charge on any atom is 0.407 e. The Morgan fingerprint density at radius 3 is 2.85 bits per heavy atom. The molecule has 1 aliphatic heterocycles. The molecule has 1 aliphatic rings. The van der Waals surface area contributed by atoms with E-state index in [1.54, 1.807) is 0 Å². The van der Waals surface area contributed by atoms with Crippen LogP contribution in [0.2, 0.25) is 0 Å². The summed E-state index contributed by atoms with van der Waals surface area (Å²) in [5.74, 6) is 0. The van der Waals surface area contributed by atoms with E-state index < -0.39 is 6.09 Å². The first-order valence-electron chi connectivity index (χ1n) is 7.07. The normalized spacial score (nSPS) is 22.8. The third-order valence-corrected chi connectivity index (χ3v) is 3.61. The lowest BCUT2D eigenvalue weighted by Crippen LogP contribution is -2.55. The molecular weight excluding hydrogens is 256 g/mol. The molecule has 2 N–H and O–H groups in total. The lowest BCUT2D eigenvalue weighted by Gasteiger charge is -2.37. The average molecular weight is 278 g/mol. The van der Waals surface area contributed by atoms with Gasteiger partial charge in [-0.15, -0.1) is 0 Å². The summed E-state index contributed by atoms with van der Waals surface area (Å²) < 4.78 is 5.73. The Labute approximate surface area is 119 Å². The second kappa shape index (κ2) is 7.26. The molecule has 1 saturated heterocycles. The summed E-state index contributed by atoms with van der Waals surface area (Å²) in [6, 6.07) is 10.1. The van der Waals surface area contributed by atoms with Crippen LogP contribution in [-0.4, -0.2) is 47.9 Å². The zero-order chi connectivity index (χ0) is 14.4. The maximum atomic E-state index is 11.1. The molecule has 5 nitrogen and oxygen atoms in total. The van der Waals surface area contributed by atoms with Crippen LogP contribution < -0.4 is 5.32 Å². The van der Waals surface area contributed by atoms with Crippen molar-refractivity contribution in [1.29, 1.82) is 0 Å². The van der Waals surface area contributed by atoms with Gasteiger partial charge in [0.15, 0.2) is 0 Å². The third-order valence-electron chi connectivity index (χ3n) is 3.61. The van der Waals surface area contributed by atoms with Gasteiger partial charge in [-0.3, -0.25) is 0 Å². The van der Waals surface area contributed by atoms with E-state index in [0.717, 1.165) is 13.0 Å². The molecule has 0 spiro atoms. The van der Waals surface area contributed by atoms with E-state index in [4.69, 9.17) is 9.84 Å². The molecule has 1 aromatic carbocycles. The van der Waals surface area contributed by atoms with Gasteiger partial charge in [0.05, 0.1) is 12.1 Å². The largest absolute Gasteiger partial charge is 0.465 e. The van der Waals surface area contributed by atoms with Crippen LogP contribution in [0.15, 0.2) is 30.3 Å². The molecule has 0 aliphatic carbocycles. The number of benzene rings is 1. The van der Waals surface area contributed by atoms with E-state index in [9.17, 15) is 4.79 Å². The topological polar surface area (TPSA) is 61.8 Å². The minimum atomic E-state index is -0.855. The summed E-state index contributed by atoms with van der Waals surface area (Å²) in [5.41, 5.74) is 1.19. The van der Waals surface area contributed by atoms with Crippen molar-refractivity contribution >= 4 is 6.09 Å². The number of hydrogen-bond donors (Lipinski definition) is 2. The van der Waals surface area contributed by atoms with Crippen LogP contribution in [0.25, 0.3) is 0 Å². The fourth-order valence-electron chi connectivity index (χ4n) is 2.56. The molecular formula is C15H22N2O3. The summed E-state index contributed by atoms with van der Waals surface area (Å²) in [6.45, 7) is 4.37. The number of piperidine rings is 1. The monoisotopic (exact) mass is 278 g/mol. The summed E-state index contributed by atoms with van der Waals surface area (Å²) in [7, 11) is 0. The Balaban J connectivity index is 1.94. The highest BCUT2D eigenvalue weighted by Gasteiger charge is 2.31. The van der Waals surface area contributed by atoms with Gasteiger partial charge < -0.3 is 20.1 Å². The summed E-state index contributed by atoms with van der Waals surface area (Å²) in [4.78, 5) is 12.6. The van der Waals surface area contributed by atoms with Crippen molar-refractivity contribution in [3.8, 4) is 0 Å². The molecule has 2 atom stereocenters. The maximum absolute atomic E-state index is 11.1. The Bertz CT molecular complexity index is 424. The number of rotatable bonds is 5. The highest BCUT2D eigenvalue weighted by atomic mass is 16.5. The Hall–Kier alpha value is -1.59. The van der Waals surface area contributed by atoms with Crippen molar-refractivity contribution in [2.24, 2.45) is 0 Å². The zero-order valence-corrected chi connectivity index (χ0v) is 11.8. The zero-order valence-electron chi connectivity index (χ0n) is 11.8. The number of hydrogen-bond acceptors (Lipinski definition) is 3. The SMILES string of the molecule is CCO[C@H]1CCN(C(=O)O)C[C@@H]1NCc1ccccc1. The molecule has 5 heteroatoms. The van der Waals surface area contributed by atoms with Gasteiger partial charge in [0.25, 0.3) is 0 Å². The highest BCUT2D eigenvalue weighted by molar-refractivity contribution is 5.65. The van der Waals surface area contributed by atoms with E-state index in [-0.39, 0.29) is 12.1 Å². The fourth-order valence-corrected chi connectivity index (χ4v) is 2.56. The fraction of sp³-hybridized carbons (Fsp3) is 0.533. The number of nitrogens with one attached hydrogen (secondary N) is 1. The first-order chi connectivity index (χ1) is 9.70. The Morgan fingerprint density at radius 1 is 1.45 bits per heavy atom. The summed E-state index contributed by atoms with van der Waals surface area (Å²) in [5, 5.41) is 12.5. The van der Waals surface area contributed by atoms with Crippen LogP contribution in [0.4, 0.5) is 4.79 Å².